The number of sulfonamides is 1. The third-order valence-electron chi connectivity index (χ3n) is 3.06. The molecule has 0 radical (unpaired) electrons. The summed E-state index contributed by atoms with van der Waals surface area (Å²) < 4.78 is 23.9. The fourth-order valence-electron chi connectivity index (χ4n) is 2.31. The normalized spacial score (nSPS) is 20.2. The quantitative estimate of drug-likeness (QED) is 0.819. The van der Waals surface area contributed by atoms with Gasteiger partial charge in [0.05, 0.1) is 17.6 Å². The average Bonchev–Trinajstić information content (AvgIpc) is 2.84. The molecule has 1 fully saturated rings. The molecule has 1 aliphatic heterocycles. The van der Waals surface area contributed by atoms with Crippen molar-refractivity contribution in [1.82, 2.24) is 9.78 Å². The molecule has 1 unspecified atom stereocenters. The van der Waals surface area contributed by atoms with E-state index in [9.17, 15) is 13.2 Å². The van der Waals surface area contributed by atoms with Crippen LogP contribution in [0.4, 0.5) is 5.69 Å². The van der Waals surface area contributed by atoms with Gasteiger partial charge in [-0.05, 0) is 6.42 Å². The van der Waals surface area contributed by atoms with Gasteiger partial charge in [0, 0.05) is 31.6 Å². The highest BCUT2D eigenvalue weighted by molar-refractivity contribution is 7.89. The number of carbonyl (C=O) groups excluding carboxylic acids is 1. The van der Waals surface area contributed by atoms with Gasteiger partial charge in [-0.25, -0.2) is 13.6 Å². The van der Waals surface area contributed by atoms with Gasteiger partial charge in [0.1, 0.15) is 0 Å². The first-order valence-electron chi connectivity index (χ1n) is 6.22. The molecule has 1 aromatic rings. The molecule has 0 spiro atoms. The van der Waals surface area contributed by atoms with Crippen LogP contribution in [0.15, 0.2) is 12.4 Å². The Hall–Kier alpha value is -1.41. The molecule has 1 atom stereocenters. The van der Waals surface area contributed by atoms with Gasteiger partial charge in [0.15, 0.2) is 0 Å². The van der Waals surface area contributed by atoms with Crippen LogP contribution in [0, 0.1) is 5.92 Å². The molecule has 106 valence electrons. The summed E-state index contributed by atoms with van der Waals surface area (Å²) in [4.78, 5) is 13.5. The summed E-state index contributed by atoms with van der Waals surface area (Å²) in [7, 11) is -3.54. The number of hydrogen-bond donors (Lipinski definition) is 1. The van der Waals surface area contributed by atoms with Crippen molar-refractivity contribution in [2.24, 2.45) is 11.1 Å². The molecule has 1 aliphatic rings. The minimum absolute atomic E-state index is 0.0790. The van der Waals surface area contributed by atoms with Crippen LogP contribution < -0.4 is 10.0 Å². The maximum absolute atomic E-state index is 11.9. The second-order valence-corrected chi connectivity index (χ2v) is 6.52. The topological polar surface area (TPSA) is 98.3 Å². The highest BCUT2D eigenvalue weighted by atomic mass is 32.2. The Kier molecular flexibility index (Phi) is 3.91. The van der Waals surface area contributed by atoms with Crippen LogP contribution in [-0.2, 0) is 21.4 Å². The predicted molar refractivity (Wildman–Crippen MR) is 71.0 cm³/mol. The Balaban J connectivity index is 2.06. The number of primary sulfonamides is 1. The van der Waals surface area contributed by atoms with Crippen molar-refractivity contribution in [1.29, 1.82) is 0 Å². The van der Waals surface area contributed by atoms with Crippen LogP contribution in [0.25, 0.3) is 0 Å². The summed E-state index contributed by atoms with van der Waals surface area (Å²) in [5.74, 6) is -0.472. The monoisotopic (exact) mass is 286 g/mol. The standard InChI is InChI=1S/C11H18N4O3S/c1-2-3-14-7-10(5-13-14)15-6-9(4-11(15)16)8-19(12,17)18/h5,7,9H,2-4,6,8H2,1H3,(H2,12,17,18). The lowest BCUT2D eigenvalue weighted by Gasteiger charge is -2.13. The summed E-state index contributed by atoms with van der Waals surface area (Å²) in [6.07, 6.45) is 4.62. The van der Waals surface area contributed by atoms with Gasteiger partial charge in [0.2, 0.25) is 15.9 Å². The Morgan fingerprint density at radius 2 is 2.26 bits per heavy atom. The van der Waals surface area contributed by atoms with Crippen LogP contribution >= 0.6 is 0 Å². The lowest BCUT2D eigenvalue weighted by molar-refractivity contribution is -0.117. The van der Waals surface area contributed by atoms with E-state index in [1.807, 2.05) is 6.92 Å². The maximum atomic E-state index is 11.9. The highest BCUT2D eigenvalue weighted by Gasteiger charge is 2.33. The highest BCUT2D eigenvalue weighted by Crippen LogP contribution is 2.25. The van der Waals surface area contributed by atoms with Gasteiger partial charge in [-0.1, -0.05) is 6.92 Å². The lowest BCUT2D eigenvalue weighted by atomic mass is 10.1. The van der Waals surface area contributed by atoms with Crippen molar-refractivity contribution < 1.29 is 13.2 Å². The maximum Gasteiger partial charge on any atom is 0.227 e. The fraction of sp³-hybridized carbons (Fsp3) is 0.636. The van der Waals surface area contributed by atoms with E-state index in [1.54, 1.807) is 22.0 Å². The zero-order chi connectivity index (χ0) is 14.0. The Morgan fingerprint density at radius 3 is 2.89 bits per heavy atom. The summed E-state index contributed by atoms with van der Waals surface area (Å²) >= 11 is 0. The molecule has 7 nitrogen and oxygen atoms in total. The zero-order valence-corrected chi connectivity index (χ0v) is 11.6. The van der Waals surface area contributed by atoms with Gasteiger partial charge < -0.3 is 4.90 Å². The van der Waals surface area contributed by atoms with Crippen molar-refractivity contribution in [2.75, 3.05) is 17.2 Å². The van der Waals surface area contributed by atoms with Crippen molar-refractivity contribution >= 4 is 21.6 Å². The van der Waals surface area contributed by atoms with Crippen LogP contribution in [0.1, 0.15) is 19.8 Å². The zero-order valence-electron chi connectivity index (χ0n) is 10.8. The number of nitrogens with two attached hydrogens (primary N) is 1. The van der Waals surface area contributed by atoms with Crippen molar-refractivity contribution in [2.45, 2.75) is 26.3 Å². The van der Waals surface area contributed by atoms with E-state index in [0.29, 0.717) is 6.54 Å². The minimum atomic E-state index is -3.54. The third-order valence-corrected chi connectivity index (χ3v) is 3.99. The summed E-state index contributed by atoms with van der Waals surface area (Å²) in [5.41, 5.74) is 0.718. The van der Waals surface area contributed by atoms with Crippen molar-refractivity contribution in [3.63, 3.8) is 0 Å². The summed E-state index contributed by atoms with van der Waals surface area (Å²) in [5, 5.41) is 9.18. The number of nitrogens with zero attached hydrogens (tertiary/aromatic N) is 3. The van der Waals surface area contributed by atoms with E-state index < -0.39 is 10.0 Å². The molecule has 19 heavy (non-hydrogen) atoms. The second kappa shape index (κ2) is 5.30. The number of anilines is 1. The fourth-order valence-corrected chi connectivity index (χ4v) is 3.20. The number of amides is 1. The minimum Gasteiger partial charge on any atom is -0.309 e. The van der Waals surface area contributed by atoms with Crippen LogP contribution in [-0.4, -0.2) is 36.4 Å². The number of hydrogen-bond acceptors (Lipinski definition) is 4. The van der Waals surface area contributed by atoms with Crippen LogP contribution in [0.3, 0.4) is 0 Å². The van der Waals surface area contributed by atoms with E-state index in [4.69, 9.17) is 5.14 Å². The third kappa shape index (κ3) is 3.54. The van der Waals surface area contributed by atoms with E-state index in [1.165, 1.54) is 0 Å². The molecule has 0 aliphatic carbocycles. The van der Waals surface area contributed by atoms with E-state index in [-0.39, 0.29) is 24.0 Å². The molecule has 8 heteroatoms. The molecule has 2 rings (SSSR count). The smallest absolute Gasteiger partial charge is 0.227 e. The molecule has 1 aromatic heterocycles. The SMILES string of the molecule is CCCn1cc(N2CC(CS(N)(=O)=O)CC2=O)cn1. The summed E-state index contributed by atoms with van der Waals surface area (Å²) in [6, 6.07) is 0. The lowest BCUT2D eigenvalue weighted by Crippen LogP contribution is -2.27. The van der Waals surface area contributed by atoms with Gasteiger partial charge in [0.25, 0.3) is 0 Å². The van der Waals surface area contributed by atoms with Gasteiger partial charge >= 0.3 is 0 Å². The van der Waals surface area contributed by atoms with Crippen molar-refractivity contribution in [3.8, 4) is 0 Å². The Labute approximate surface area is 112 Å². The number of carbonyl (C=O) groups is 1. The van der Waals surface area contributed by atoms with E-state index in [2.05, 4.69) is 5.10 Å². The van der Waals surface area contributed by atoms with E-state index in [0.717, 1.165) is 18.7 Å². The second-order valence-electron chi connectivity index (χ2n) is 4.87. The van der Waals surface area contributed by atoms with Gasteiger partial charge in [-0.2, -0.15) is 5.10 Å². The first kappa shape index (κ1) is 14.0. The first-order chi connectivity index (χ1) is 8.89. The van der Waals surface area contributed by atoms with Gasteiger partial charge in [-0.15, -0.1) is 0 Å². The molecular weight excluding hydrogens is 268 g/mol. The molecule has 0 saturated carbocycles. The molecule has 2 N–H and O–H groups in total. The first-order valence-corrected chi connectivity index (χ1v) is 7.94. The van der Waals surface area contributed by atoms with Crippen molar-refractivity contribution in [3.05, 3.63) is 12.4 Å². The molecule has 1 amide bonds. The summed E-state index contributed by atoms with van der Waals surface area (Å²) in [6.45, 7) is 3.22. The molecule has 0 bridgehead atoms. The Bertz CT molecular complexity index is 566. The average molecular weight is 286 g/mol. The van der Waals surface area contributed by atoms with E-state index >= 15 is 0 Å². The van der Waals surface area contributed by atoms with Gasteiger partial charge in [-0.3, -0.25) is 9.48 Å². The largest absolute Gasteiger partial charge is 0.309 e. The molecule has 1 saturated heterocycles. The Morgan fingerprint density at radius 1 is 1.53 bits per heavy atom. The molecule has 2 heterocycles. The van der Waals surface area contributed by atoms with Crippen LogP contribution in [0.5, 0.6) is 0 Å². The number of aryl methyl sites for hydroxylation is 1. The van der Waals surface area contributed by atoms with Crippen LogP contribution in [0.2, 0.25) is 0 Å². The number of aromatic nitrogens is 2. The molecular formula is C11H18N4O3S. The number of rotatable bonds is 5. The molecule has 0 aromatic carbocycles. The predicted octanol–water partition coefficient (Wildman–Crippen LogP) is -0.0655.